The number of nitrogens with one attached hydrogen (secondary N) is 2. The summed E-state index contributed by atoms with van der Waals surface area (Å²) in [5, 5.41) is 15.7. The number of rotatable bonds is 29. The topological polar surface area (TPSA) is 212 Å². The predicted molar refractivity (Wildman–Crippen MR) is 269 cm³/mol. The summed E-state index contributed by atoms with van der Waals surface area (Å²) in [6.07, 6.45) is 6.27. The van der Waals surface area contributed by atoms with Gasteiger partial charge in [-0.25, -0.2) is 4.79 Å². The normalized spacial score (nSPS) is 19.7. The number of unbranched alkanes of at least 4 members (excludes halogenated alkanes) is 2. The molecule has 1 aliphatic carbocycles. The molecular formula is C54H84N6O11. The van der Waals surface area contributed by atoms with Crippen LogP contribution in [0.25, 0.3) is 0 Å². The largest absolute Gasteiger partial charge is 0.480 e. The number of carbonyl (C=O) groups excluding carboxylic acids is 7. The van der Waals surface area contributed by atoms with Gasteiger partial charge < -0.3 is 39.9 Å². The molecule has 1 aromatic carbocycles. The Kier molecular flexibility index (Phi) is 21.8. The molecule has 2 heterocycles. The summed E-state index contributed by atoms with van der Waals surface area (Å²) < 4.78 is 12.1. The highest BCUT2D eigenvalue weighted by Crippen LogP contribution is 2.56. The molecule has 17 heteroatoms. The van der Waals surface area contributed by atoms with E-state index in [0.29, 0.717) is 50.6 Å². The number of likely N-dealkylation sites (tertiary alicyclic amines) is 1. The van der Waals surface area contributed by atoms with Gasteiger partial charge in [0, 0.05) is 65.9 Å². The second-order valence-corrected chi connectivity index (χ2v) is 21.1. The van der Waals surface area contributed by atoms with E-state index >= 15 is 0 Å². The third kappa shape index (κ3) is 15.0. The molecule has 7 amide bonds. The molecule has 1 saturated heterocycles. The fourth-order valence-electron chi connectivity index (χ4n) is 10.6. The standard InChI is InChI=1S/C54H84N6O11/c1-13-21-38-29-43(62)59(51(38)66)27-20-16-19-24-42(61)57(9)46(34(5)6)50(65)56-45(33(3)4)52(67)58(10)47(35(7)14-2)41(70-11)30-44(63)60-32-54(25-26-54)31-40(60)48(71-12)36(8)49(64)55-39(53(68)69)28-37-22-17-15-18-23-37/h15,17-18,22-23,29,33-36,39-41,45-48H,13-14,16,19-21,24-28,30-32H2,1-12H3,(H,55,64)(H,56,65)(H,68,69)/t35-,36+,39-,40-,41+,45-,46-,47-,48+/m0/s1. The van der Waals surface area contributed by atoms with Crippen LogP contribution in [-0.4, -0.2) is 156 Å². The monoisotopic (exact) mass is 993 g/mol. The minimum Gasteiger partial charge on any atom is -0.480 e. The van der Waals surface area contributed by atoms with Crippen LogP contribution in [-0.2, 0) is 54.3 Å². The number of methoxy groups -OCH3 is 2. The van der Waals surface area contributed by atoms with Crippen molar-refractivity contribution in [1.82, 2.24) is 30.2 Å². The number of hydrogen-bond acceptors (Lipinski definition) is 10. The van der Waals surface area contributed by atoms with E-state index in [2.05, 4.69) is 10.6 Å². The Labute approximate surface area is 422 Å². The van der Waals surface area contributed by atoms with Crippen molar-refractivity contribution in [3.8, 4) is 0 Å². The van der Waals surface area contributed by atoms with Gasteiger partial charge in [-0.1, -0.05) is 105 Å². The van der Waals surface area contributed by atoms with Crippen molar-refractivity contribution in [2.45, 2.75) is 175 Å². The zero-order valence-electron chi connectivity index (χ0n) is 44.5. The Morgan fingerprint density at radius 3 is 2.07 bits per heavy atom. The van der Waals surface area contributed by atoms with E-state index in [9.17, 15) is 43.5 Å². The molecule has 0 radical (unpaired) electrons. The Balaban J connectivity index is 1.43. The summed E-state index contributed by atoms with van der Waals surface area (Å²) in [5.74, 6) is -5.03. The van der Waals surface area contributed by atoms with E-state index in [1.807, 2.05) is 78.8 Å². The zero-order chi connectivity index (χ0) is 52.9. The van der Waals surface area contributed by atoms with Gasteiger partial charge in [0.2, 0.25) is 29.5 Å². The molecule has 0 unspecified atom stereocenters. The molecule has 2 aliphatic heterocycles. The number of aliphatic carboxylic acids is 1. The quantitative estimate of drug-likeness (QED) is 0.0685. The first-order chi connectivity index (χ1) is 33.6. The molecule has 0 bridgehead atoms. The van der Waals surface area contributed by atoms with E-state index in [0.717, 1.165) is 24.8 Å². The van der Waals surface area contributed by atoms with E-state index in [-0.39, 0.29) is 78.5 Å². The summed E-state index contributed by atoms with van der Waals surface area (Å²) in [6.45, 7) is 15.8. The summed E-state index contributed by atoms with van der Waals surface area (Å²) in [7, 11) is 6.29. The molecule has 1 spiro atoms. The Hall–Kier alpha value is -5.16. The van der Waals surface area contributed by atoms with E-state index in [4.69, 9.17) is 9.47 Å². The second kappa shape index (κ2) is 26.5. The highest BCUT2D eigenvalue weighted by atomic mass is 16.5. The van der Waals surface area contributed by atoms with Crippen LogP contribution in [0.3, 0.4) is 0 Å². The second-order valence-electron chi connectivity index (χ2n) is 21.1. The number of nitrogens with zero attached hydrogens (tertiary/aromatic N) is 4. The number of likely N-dealkylation sites (N-methyl/N-ethyl adjacent to an activating group) is 2. The van der Waals surface area contributed by atoms with Crippen LogP contribution in [0.5, 0.6) is 0 Å². The van der Waals surface area contributed by atoms with Crippen molar-refractivity contribution >= 4 is 47.3 Å². The first kappa shape index (κ1) is 58.4. The molecule has 1 aromatic rings. The third-order valence-electron chi connectivity index (χ3n) is 15.2. The lowest BCUT2D eigenvalue weighted by molar-refractivity contribution is -0.149. The SMILES string of the molecule is CCCC1=CC(=O)N(CCCCCC(=O)N(C)[C@H](C(=O)N[C@H](C(=O)N(C)[C@@H]([C@@H](C)CC)[C@@H](CC(=O)N2CC3(CC3)C[C@H]2[C@H](OC)[C@@H](C)C(=O)N[C@@H](Cc2ccccc2)C(=O)O)OC)C(C)C)C(C)C)C1=O. The number of amides is 7. The van der Waals surface area contributed by atoms with Crippen LogP contribution < -0.4 is 10.6 Å². The van der Waals surface area contributed by atoms with Crippen LogP contribution in [0.15, 0.2) is 42.0 Å². The van der Waals surface area contributed by atoms with E-state index in [1.165, 1.54) is 30.1 Å². The lowest BCUT2D eigenvalue weighted by Gasteiger charge is -2.41. The van der Waals surface area contributed by atoms with Gasteiger partial charge in [-0.3, -0.25) is 38.5 Å². The minimum atomic E-state index is -1.16. The van der Waals surface area contributed by atoms with Crippen LogP contribution in [0.1, 0.15) is 132 Å². The molecule has 3 aliphatic rings. The van der Waals surface area contributed by atoms with Crippen molar-refractivity contribution in [1.29, 1.82) is 0 Å². The molecule has 0 aromatic heterocycles. The van der Waals surface area contributed by atoms with Gasteiger partial charge >= 0.3 is 5.97 Å². The molecule has 71 heavy (non-hydrogen) atoms. The number of imide groups is 1. The van der Waals surface area contributed by atoms with Crippen LogP contribution >= 0.6 is 0 Å². The Bertz CT molecular complexity index is 2060. The summed E-state index contributed by atoms with van der Waals surface area (Å²) >= 11 is 0. The van der Waals surface area contributed by atoms with Gasteiger partial charge in [0.25, 0.3) is 11.8 Å². The van der Waals surface area contributed by atoms with Gasteiger partial charge in [0.15, 0.2) is 0 Å². The lowest BCUT2D eigenvalue weighted by atomic mass is 9.89. The molecule has 4 rings (SSSR count). The maximum absolute atomic E-state index is 14.7. The molecule has 396 valence electrons. The smallest absolute Gasteiger partial charge is 0.326 e. The van der Waals surface area contributed by atoms with Crippen molar-refractivity contribution in [3.63, 3.8) is 0 Å². The van der Waals surface area contributed by atoms with Gasteiger partial charge in [-0.05, 0) is 67.3 Å². The Morgan fingerprint density at radius 2 is 1.52 bits per heavy atom. The summed E-state index contributed by atoms with van der Waals surface area (Å²) in [6, 6.07) is 5.01. The maximum atomic E-state index is 14.7. The van der Waals surface area contributed by atoms with Gasteiger partial charge in [-0.2, -0.15) is 0 Å². The molecular weight excluding hydrogens is 909 g/mol. The first-order valence-electron chi connectivity index (χ1n) is 25.9. The van der Waals surface area contributed by atoms with E-state index < -0.39 is 66.1 Å². The number of carboxylic acid groups (broad SMARTS) is 1. The minimum absolute atomic E-state index is 0.0719. The highest BCUT2D eigenvalue weighted by molar-refractivity contribution is 6.16. The number of hydrogen-bond donors (Lipinski definition) is 3. The van der Waals surface area contributed by atoms with Gasteiger partial charge in [0.1, 0.15) is 18.1 Å². The third-order valence-corrected chi connectivity index (χ3v) is 15.2. The number of benzene rings is 1. The van der Waals surface area contributed by atoms with Crippen molar-refractivity contribution in [2.24, 2.45) is 29.1 Å². The molecule has 17 nitrogen and oxygen atoms in total. The molecule has 9 atom stereocenters. The molecule has 2 fully saturated rings. The fourth-order valence-corrected chi connectivity index (χ4v) is 10.6. The molecule has 3 N–H and O–H groups in total. The number of ether oxygens (including phenoxy) is 2. The lowest BCUT2D eigenvalue weighted by Crippen LogP contribution is -2.60. The maximum Gasteiger partial charge on any atom is 0.326 e. The average Bonchev–Trinajstić information content (AvgIpc) is 3.91. The summed E-state index contributed by atoms with van der Waals surface area (Å²) in [4.78, 5) is 114. The number of carbonyl (C=O) groups is 8. The average molecular weight is 993 g/mol. The van der Waals surface area contributed by atoms with Crippen molar-refractivity contribution < 1.29 is 52.9 Å². The Morgan fingerprint density at radius 1 is 0.859 bits per heavy atom. The van der Waals surface area contributed by atoms with Gasteiger partial charge in [0.05, 0.1) is 36.6 Å². The summed E-state index contributed by atoms with van der Waals surface area (Å²) in [5.41, 5.74) is 1.20. The predicted octanol–water partition coefficient (Wildman–Crippen LogP) is 5.39. The number of carboxylic acids is 1. The van der Waals surface area contributed by atoms with Crippen LogP contribution in [0, 0.1) is 29.1 Å². The highest BCUT2D eigenvalue weighted by Gasteiger charge is 2.56. The molecule has 1 saturated carbocycles. The van der Waals surface area contributed by atoms with Crippen molar-refractivity contribution in [2.75, 3.05) is 41.4 Å². The zero-order valence-corrected chi connectivity index (χ0v) is 44.5. The van der Waals surface area contributed by atoms with E-state index in [1.54, 1.807) is 30.8 Å². The van der Waals surface area contributed by atoms with Crippen LogP contribution in [0.4, 0.5) is 0 Å². The van der Waals surface area contributed by atoms with Crippen LogP contribution in [0.2, 0.25) is 0 Å². The van der Waals surface area contributed by atoms with Crippen molar-refractivity contribution in [3.05, 3.63) is 47.5 Å². The van der Waals surface area contributed by atoms with Gasteiger partial charge in [-0.15, -0.1) is 0 Å². The first-order valence-corrected chi connectivity index (χ1v) is 25.9. The fraction of sp³-hybridized carbons (Fsp3) is 0.704.